The van der Waals surface area contributed by atoms with Crippen LogP contribution in [-0.2, 0) is 17.1 Å². The maximum absolute atomic E-state index is 12.4. The fourth-order valence-corrected chi connectivity index (χ4v) is 3.34. The number of anilines is 1. The van der Waals surface area contributed by atoms with E-state index in [-0.39, 0.29) is 10.8 Å². The molecule has 130 valence electrons. The van der Waals surface area contributed by atoms with Crippen molar-refractivity contribution in [2.45, 2.75) is 24.7 Å². The number of benzene rings is 1. The fraction of sp³-hybridized carbons (Fsp3) is 0.375. The van der Waals surface area contributed by atoms with Crippen molar-refractivity contribution in [1.82, 2.24) is 14.1 Å². The van der Waals surface area contributed by atoms with Crippen LogP contribution in [0.5, 0.6) is 0 Å². The van der Waals surface area contributed by atoms with Crippen molar-refractivity contribution in [2.24, 2.45) is 7.05 Å². The second kappa shape index (κ2) is 7.59. The van der Waals surface area contributed by atoms with Gasteiger partial charge in [0.05, 0.1) is 16.7 Å². The third-order valence-corrected chi connectivity index (χ3v) is 5.49. The highest BCUT2D eigenvalue weighted by atomic mass is 32.2. The number of carbonyl (C=O) groups is 1. The molecule has 7 nitrogen and oxygen atoms in total. The first-order valence-corrected chi connectivity index (χ1v) is 9.15. The molecular weight excluding hydrogens is 328 g/mol. The van der Waals surface area contributed by atoms with Gasteiger partial charge in [-0.15, -0.1) is 0 Å². The number of nitrogens with zero attached hydrogens (tertiary/aromatic N) is 3. The van der Waals surface area contributed by atoms with Gasteiger partial charge in [0.15, 0.2) is 0 Å². The lowest BCUT2D eigenvalue weighted by Crippen LogP contribution is -2.27. The molecule has 0 spiro atoms. The molecule has 8 heteroatoms. The molecule has 0 unspecified atom stereocenters. The summed E-state index contributed by atoms with van der Waals surface area (Å²) in [6.07, 6.45) is 4.82. The van der Waals surface area contributed by atoms with Gasteiger partial charge in [0, 0.05) is 32.5 Å². The third kappa shape index (κ3) is 4.21. The number of carbonyl (C=O) groups excluding carboxylic acids is 1. The Morgan fingerprint density at radius 2 is 1.96 bits per heavy atom. The van der Waals surface area contributed by atoms with Gasteiger partial charge in [0.2, 0.25) is 10.0 Å². The van der Waals surface area contributed by atoms with Crippen LogP contribution in [0.3, 0.4) is 0 Å². The molecule has 1 aromatic heterocycles. The Labute approximate surface area is 142 Å². The van der Waals surface area contributed by atoms with E-state index < -0.39 is 10.0 Å². The molecule has 24 heavy (non-hydrogen) atoms. The Bertz CT molecular complexity index is 797. The van der Waals surface area contributed by atoms with E-state index in [1.54, 1.807) is 32.4 Å². The molecule has 0 saturated carbocycles. The minimum absolute atomic E-state index is 0.209. The first-order chi connectivity index (χ1) is 11.3. The van der Waals surface area contributed by atoms with E-state index in [4.69, 9.17) is 0 Å². The second-order valence-corrected chi connectivity index (χ2v) is 7.61. The highest BCUT2D eigenvalue weighted by Crippen LogP contribution is 2.18. The minimum atomic E-state index is -3.50. The van der Waals surface area contributed by atoms with Crippen molar-refractivity contribution < 1.29 is 13.2 Å². The van der Waals surface area contributed by atoms with Gasteiger partial charge in [-0.3, -0.25) is 9.48 Å². The highest BCUT2D eigenvalue weighted by Gasteiger charge is 2.20. The van der Waals surface area contributed by atoms with Crippen LogP contribution < -0.4 is 5.32 Å². The number of hydrogen-bond donors (Lipinski definition) is 1. The van der Waals surface area contributed by atoms with Crippen LogP contribution >= 0.6 is 0 Å². The van der Waals surface area contributed by atoms with E-state index in [1.807, 2.05) is 6.92 Å². The quantitative estimate of drug-likeness (QED) is 0.829. The van der Waals surface area contributed by atoms with E-state index >= 15 is 0 Å². The number of nitrogens with one attached hydrogen (secondary N) is 1. The maximum atomic E-state index is 12.4. The van der Waals surface area contributed by atoms with Crippen LogP contribution in [0.1, 0.15) is 30.1 Å². The average Bonchev–Trinajstić information content (AvgIpc) is 2.99. The Morgan fingerprint density at radius 3 is 2.50 bits per heavy atom. The van der Waals surface area contributed by atoms with E-state index in [0.29, 0.717) is 17.8 Å². The summed E-state index contributed by atoms with van der Waals surface area (Å²) in [6.45, 7) is 2.50. The van der Waals surface area contributed by atoms with Crippen molar-refractivity contribution in [3.8, 4) is 0 Å². The number of sulfonamides is 1. The normalized spacial score (nSPS) is 11.7. The van der Waals surface area contributed by atoms with Gasteiger partial charge in [0.1, 0.15) is 0 Å². The van der Waals surface area contributed by atoms with Gasteiger partial charge in [-0.2, -0.15) is 5.10 Å². The largest absolute Gasteiger partial charge is 0.322 e. The van der Waals surface area contributed by atoms with Gasteiger partial charge < -0.3 is 5.32 Å². The summed E-state index contributed by atoms with van der Waals surface area (Å²) in [6, 6.07) is 6.15. The third-order valence-electron chi connectivity index (χ3n) is 3.61. The zero-order chi connectivity index (χ0) is 17.7. The zero-order valence-electron chi connectivity index (χ0n) is 14.1. The van der Waals surface area contributed by atoms with Crippen molar-refractivity contribution in [1.29, 1.82) is 0 Å². The molecule has 0 saturated heterocycles. The van der Waals surface area contributed by atoms with Crippen molar-refractivity contribution in [3.05, 3.63) is 42.2 Å². The van der Waals surface area contributed by atoms with Gasteiger partial charge in [-0.1, -0.05) is 13.3 Å². The van der Waals surface area contributed by atoms with Crippen molar-refractivity contribution in [2.75, 3.05) is 18.9 Å². The number of aryl methyl sites for hydroxylation is 1. The summed E-state index contributed by atoms with van der Waals surface area (Å²) in [4.78, 5) is 12.3. The fourth-order valence-electron chi connectivity index (χ4n) is 2.13. The lowest BCUT2D eigenvalue weighted by molar-refractivity contribution is 0.102. The molecule has 2 rings (SSSR count). The smallest absolute Gasteiger partial charge is 0.258 e. The number of aromatic nitrogens is 2. The number of amides is 1. The molecule has 1 N–H and O–H groups in total. The molecular formula is C16H22N4O3S. The maximum Gasteiger partial charge on any atom is 0.258 e. The molecule has 0 aliphatic rings. The summed E-state index contributed by atoms with van der Waals surface area (Å²) >= 11 is 0. The van der Waals surface area contributed by atoms with Gasteiger partial charge >= 0.3 is 0 Å². The van der Waals surface area contributed by atoms with Crippen LogP contribution in [0.4, 0.5) is 5.69 Å². The Kier molecular flexibility index (Phi) is 5.74. The average molecular weight is 350 g/mol. The van der Waals surface area contributed by atoms with Crippen LogP contribution in [0, 0.1) is 0 Å². The Morgan fingerprint density at radius 1 is 1.29 bits per heavy atom. The van der Waals surface area contributed by atoms with Crippen LogP contribution in [0.15, 0.2) is 41.6 Å². The van der Waals surface area contributed by atoms with E-state index in [1.165, 1.54) is 27.3 Å². The van der Waals surface area contributed by atoms with Gasteiger partial charge in [-0.25, -0.2) is 12.7 Å². The molecule has 1 aromatic carbocycles. The van der Waals surface area contributed by atoms with E-state index in [9.17, 15) is 13.2 Å². The summed E-state index contributed by atoms with van der Waals surface area (Å²) in [5.41, 5.74) is 0.965. The molecule has 1 amide bonds. The summed E-state index contributed by atoms with van der Waals surface area (Å²) in [7, 11) is -0.198. The molecule has 0 radical (unpaired) electrons. The standard InChI is InChI=1S/C16H22N4O3S/c1-4-5-10-20(3)24(22,23)15-8-6-14(7-9-15)18-16(21)13-11-17-19(2)12-13/h6-9,11-12H,4-5,10H2,1-3H3,(H,18,21). The second-order valence-electron chi connectivity index (χ2n) is 5.56. The first-order valence-electron chi connectivity index (χ1n) is 7.71. The van der Waals surface area contributed by atoms with Crippen LogP contribution in [0.25, 0.3) is 0 Å². The number of unbranched alkanes of at least 4 members (excludes halogenated alkanes) is 1. The molecule has 0 atom stereocenters. The van der Waals surface area contributed by atoms with Crippen molar-refractivity contribution in [3.63, 3.8) is 0 Å². The summed E-state index contributed by atoms with van der Waals surface area (Å²) in [5, 5.41) is 6.65. The van der Waals surface area contributed by atoms with E-state index in [2.05, 4.69) is 10.4 Å². The molecule has 0 fully saturated rings. The monoisotopic (exact) mass is 350 g/mol. The first kappa shape index (κ1) is 18.2. The molecule has 2 aromatic rings. The highest BCUT2D eigenvalue weighted by molar-refractivity contribution is 7.89. The minimum Gasteiger partial charge on any atom is -0.322 e. The summed E-state index contributed by atoms with van der Waals surface area (Å²) in [5.74, 6) is -0.293. The van der Waals surface area contributed by atoms with E-state index in [0.717, 1.165) is 12.8 Å². The Balaban J connectivity index is 2.08. The number of hydrogen-bond acceptors (Lipinski definition) is 4. The molecule has 1 heterocycles. The topological polar surface area (TPSA) is 84.3 Å². The zero-order valence-corrected chi connectivity index (χ0v) is 14.9. The molecule has 0 bridgehead atoms. The summed E-state index contributed by atoms with van der Waals surface area (Å²) < 4.78 is 27.7. The number of rotatable bonds is 7. The van der Waals surface area contributed by atoms with Gasteiger partial charge in [-0.05, 0) is 30.7 Å². The lowest BCUT2D eigenvalue weighted by Gasteiger charge is -2.17. The van der Waals surface area contributed by atoms with Crippen LogP contribution in [-0.4, -0.2) is 42.0 Å². The van der Waals surface area contributed by atoms with Crippen molar-refractivity contribution >= 4 is 21.6 Å². The molecule has 0 aliphatic heterocycles. The Hall–Kier alpha value is -2.19. The van der Waals surface area contributed by atoms with Crippen LogP contribution in [0.2, 0.25) is 0 Å². The predicted octanol–water partition coefficient (Wildman–Crippen LogP) is 2.09. The SMILES string of the molecule is CCCCN(C)S(=O)(=O)c1ccc(NC(=O)c2cnn(C)c2)cc1. The lowest BCUT2D eigenvalue weighted by atomic mass is 10.3. The molecule has 0 aliphatic carbocycles. The van der Waals surface area contributed by atoms with Gasteiger partial charge in [0.25, 0.3) is 5.91 Å². The predicted molar refractivity (Wildman–Crippen MR) is 92.3 cm³/mol.